The fourth-order valence-corrected chi connectivity index (χ4v) is 4.29. The van der Waals surface area contributed by atoms with Gasteiger partial charge in [-0.25, -0.2) is 15.0 Å². The summed E-state index contributed by atoms with van der Waals surface area (Å²) in [5.74, 6) is 1.87. The summed E-state index contributed by atoms with van der Waals surface area (Å²) in [4.78, 5) is 23.5. The number of pyridine rings is 1. The van der Waals surface area contributed by atoms with Crippen molar-refractivity contribution in [2.45, 2.75) is 26.8 Å². The number of aromatic nitrogens is 3. The topological polar surface area (TPSA) is 69.5 Å². The smallest absolute Gasteiger partial charge is 0.228 e. The normalized spacial score (nSPS) is 16.6. The van der Waals surface area contributed by atoms with Gasteiger partial charge in [-0.1, -0.05) is 26.0 Å². The molecule has 2 aromatic heterocycles. The molecule has 0 atom stereocenters. The third-order valence-electron chi connectivity index (χ3n) is 6.03. The van der Waals surface area contributed by atoms with Crippen LogP contribution in [0.5, 0.6) is 0 Å². The zero-order chi connectivity index (χ0) is 21.4. The van der Waals surface area contributed by atoms with Crippen molar-refractivity contribution in [1.29, 1.82) is 0 Å². The summed E-state index contributed by atoms with van der Waals surface area (Å²) < 4.78 is 0. The summed E-state index contributed by atoms with van der Waals surface area (Å²) in [7, 11) is 2.17. The number of likely N-dealkylation sites (N-methyl/N-ethyl adjacent to an activating group) is 1. The van der Waals surface area contributed by atoms with E-state index in [0.29, 0.717) is 11.9 Å². The van der Waals surface area contributed by atoms with Crippen LogP contribution in [0.1, 0.15) is 31.4 Å². The zero-order valence-corrected chi connectivity index (χ0v) is 18.5. The molecule has 0 amide bonds. The minimum atomic E-state index is 0.558. The lowest BCUT2D eigenvalue weighted by molar-refractivity contribution is 0.313. The zero-order valence-electron chi connectivity index (χ0n) is 18.5. The molecule has 4 heterocycles. The molecule has 2 aliphatic heterocycles. The third-order valence-corrected chi connectivity index (χ3v) is 6.03. The molecule has 0 radical (unpaired) electrons. The number of rotatable bonds is 5. The van der Waals surface area contributed by atoms with Gasteiger partial charge in [-0.2, -0.15) is 0 Å². The summed E-state index contributed by atoms with van der Waals surface area (Å²) >= 11 is 0. The Morgan fingerprint density at radius 2 is 1.84 bits per heavy atom. The molecule has 0 unspecified atom stereocenters. The van der Waals surface area contributed by atoms with Crippen molar-refractivity contribution in [2.75, 3.05) is 43.4 Å². The lowest BCUT2D eigenvalue weighted by Crippen LogP contribution is -2.44. The molecule has 0 saturated carbocycles. The Balaban J connectivity index is 1.38. The second kappa shape index (κ2) is 8.23. The highest BCUT2D eigenvalue weighted by Crippen LogP contribution is 2.30. The Hall–Kier alpha value is -3.06. The van der Waals surface area contributed by atoms with Gasteiger partial charge in [0, 0.05) is 49.0 Å². The van der Waals surface area contributed by atoms with Gasteiger partial charge in [0.25, 0.3) is 0 Å². The molecular weight excluding hydrogens is 386 g/mol. The standard InChI is InChI=1S/C24H29N7/c1-16(2)12-20-22-17(13-25-20)4-5-18-14-27-24(29-23(18)22)28-21-7-6-19(15-26-21)31-10-8-30(3)9-11-31/h4-7,14-16H,8-13H2,1-3H3,(H,26,27,28,29). The maximum absolute atomic E-state index is 4.86. The van der Waals surface area contributed by atoms with Crippen LogP contribution in [0.2, 0.25) is 0 Å². The van der Waals surface area contributed by atoms with Gasteiger partial charge in [-0.05, 0) is 37.1 Å². The molecule has 0 spiro atoms. The van der Waals surface area contributed by atoms with Gasteiger partial charge in [-0.3, -0.25) is 4.99 Å². The molecule has 1 fully saturated rings. The van der Waals surface area contributed by atoms with Crippen molar-refractivity contribution in [3.8, 4) is 0 Å². The van der Waals surface area contributed by atoms with Crippen LogP contribution in [-0.2, 0) is 6.54 Å². The average molecular weight is 416 g/mol. The molecule has 7 nitrogen and oxygen atoms in total. The molecule has 1 N–H and O–H groups in total. The quantitative estimate of drug-likeness (QED) is 0.682. The van der Waals surface area contributed by atoms with Gasteiger partial charge < -0.3 is 15.1 Å². The van der Waals surface area contributed by atoms with E-state index in [1.54, 1.807) is 0 Å². The largest absolute Gasteiger partial charge is 0.368 e. The van der Waals surface area contributed by atoms with E-state index in [0.717, 1.165) is 67.3 Å². The predicted octanol–water partition coefficient (Wildman–Crippen LogP) is 3.87. The van der Waals surface area contributed by atoms with Crippen LogP contribution in [-0.4, -0.2) is 58.8 Å². The van der Waals surface area contributed by atoms with E-state index in [1.165, 1.54) is 11.1 Å². The Bertz CT molecular complexity index is 1110. The van der Waals surface area contributed by atoms with Crippen molar-refractivity contribution in [1.82, 2.24) is 19.9 Å². The van der Waals surface area contributed by atoms with E-state index in [9.17, 15) is 0 Å². The Morgan fingerprint density at radius 3 is 2.58 bits per heavy atom. The van der Waals surface area contributed by atoms with Gasteiger partial charge in [0.1, 0.15) is 5.82 Å². The first-order valence-corrected chi connectivity index (χ1v) is 11.1. The summed E-state index contributed by atoms with van der Waals surface area (Å²) in [6.45, 7) is 9.43. The lowest BCUT2D eigenvalue weighted by Gasteiger charge is -2.33. The van der Waals surface area contributed by atoms with Gasteiger partial charge in [-0.15, -0.1) is 0 Å². The van der Waals surface area contributed by atoms with Crippen molar-refractivity contribution < 1.29 is 0 Å². The van der Waals surface area contributed by atoms with Crippen LogP contribution in [0.4, 0.5) is 17.5 Å². The van der Waals surface area contributed by atoms with Crippen LogP contribution < -0.4 is 10.2 Å². The van der Waals surface area contributed by atoms with E-state index in [2.05, 4.69) is 64.2 Å². The van der Waals surface area contributed by atoms with Gasteiger partial charge >= 0.3 is 0 Å². The van der Waals surface area contributed by atoms with Crippen molar-refractivity contribution in [3.05, 3.63) is 47.8 Å². The van der Waals surface area contributed by atoms with Crippen molar-refractivity contribution >= 4 is 34.1 Å². The monoisotopic (exact) mass is 415 g/mol. The minimum Gasteiger partial charge on any atom is -0.368 e. The first-order valence-electron chi connectivity index (χ1n) is 11.1. The maximum Gasteiger partial charge on any atom is 0.228 e. The minimum absolute atomic E-state index is 0.558. The summed E-state index contributed by atoms with van der Waals surface area (Å²) in [6.07, 6.45) is 4.78. The summed E-state index contributed by atoms with van der Waals surface area (Å²) in [5, 5.41) is 4.32. The van der Waals surface area contributed by atoms with Crippen molar-refractivity contribution in [2.24, 2.45) is 10.9 Å². The second-order valence-corrected chi connectivity index (χ2v) is 8.91. The molecule has 0 bridgehead atoms. The molecular formula is C24H29N7. The molecule has 3 aromatic rings. The van der Waals surface area contributed by atoms with Crippen LogP contribution in [0.15, 0.2) is 41.7 Å². The number of benzene rings is 1. The Kier molecular flexibility index (Phi) is 5.28. The van der Waals surface area contributed by atoms with Gasteiger partial charge in [0.2, 0.25) is 5.95 Å². The van der Waals surface area contributed by atoms with Gasteiger partial charge in [0.05, 0.1) is 23.9 Å². The SMILES string of the molecule is CC(C)CC1=NCc2ccc3cnc(Nc4ccc(N5CCN(C)CC5)cn4)nc3c21. The summed E-state index contributed by atoms with van der Waals surface area (Å²) in [5.41, 5.74) is 5.73. The summed E-state index contributed by atoms with van der Waals surface area (Å²) in [6, 6.07) is 8.37. The maximum atomic E-state index is 4.86. The second-order valence-electron chi connectivity index (χ2n) is 8.91. The van der Waals surface area contributed by atoms with E-state index in [-0.39, 0.29) is 0 Å². The number of anilines is 3. The number of hydrogen-bond donors (Lipinski definition) is 1. The third kappa shape index (κ3) is 4.10. The van der Waals surface area contributed by atoms with E-state index >= 15 is 0 Å². The van der Waals surface area contributed by atoms with E-state index < -0.39 is 0 Å². The molecule has 31 heavy (non-hydrogen) atoms. The fraction of sp³-hybridized carbons (Fsp3) is 0.417. The van der Waals surface area contributed by atoms with Crippen LogP contribution in [0.3, 0.4) is 0 Å². The van der Waals surface area contributed by atoms with E-state index in [4.69, 9.17) is 9.98 Å². The van der Waals surface area contributed by atoms with E-state index in [1.807, 2.05) is 18.5 Å². The molecule has 7 heteroatoms. The highest BCUT2D eigenvalue weighted by atomic mass is 15.3. The average Bonchev–Trinajstić information content (AvgIpc) is 3.17. The Labute approximate surface area is 183 Å². The van der Waals surface area contributed by atoms with Crippen LogP contribution >= 0.6 is 0 Å². The molecule has 1 saturated heterocycles. The first-order chi connectivity index (χ1) is 15.1. The highest BCUT2D eigenvalue weighted by molar-refractivity contribution is 6.12. The molecule has 2 aliphatic rings. The Morgan fingerprint density at radius 1 is 1.00 bits per heavy atom. The van der Waals surface area contributed by atoms with Crippen LogP contribution in [0.25, 0.3) is 10.9 Å². The fourth-order valence-electron chi connectivity index (χ4n) is 4.29. The number of nitrogens with one attached hydrogen (secondary N) is 1. The molecule has 160 valence electrons. The molecule has 0 aliphatic carbocycles. The molecule has 5 rings (SSSR count). The van der Waals surface area contributed by atoms with Crippen LogP contribution in [0, 0.1) is 5.92 Å². The number of fused-ring (bicyclic) bond motifs is 3. The first kappa shape index (κ1) is 19.9. The molecule has 1 aromatic carbocycles. The number of hydrogen-bond acceptors (Lipinski definition) is 7. The van der Waals surface area contributed by atoms with Crippen molar-refractivity contribution in [3.63, 3.8) is 0 Å². The lowest BCUT2D eigenvalue weighted by atomic mass is 9.96. The highest BCUT2D eigenvalue weighted by Gasteiger charge is 2.21. The van der Waals surface area contributed by atoms with Gasteiger partial charge in [0.15, 0.2) is 0 Å². The number of nitrogens with zero attached hydrogens (tertiary/aromatic N) is 6. The number of aliphatic imine (C=N–C) groups is 1. The predicted molar refractivity (Wildman–Crippen MR) is 126 cm³/mol. The number of piperazine rings is 1.